The van der Waals surface area contributed by atoms with Crippen LogP contribution in [0.2, 0.25) is 0 Å². The van der Waals surface area contributed by atoms with Crippen molar-refractivity contribution in [3.63, 3.8) is 0 Å². The third-order valence-corrected chi connectivity index (χ3v) is 31.9. The number of carboxylic acid groups (broad SMARTS) is 2. The van der Waals surface area contributed by atoms with Gasteiger partial charge in [-0.15, -0.1) is 9.98 Å². The average Bonchev–Trinajstić information content (AvgIpc) is 1.27. The first-order valence-electron chi connectivity index (χ1n) is 51.0. The second-order valence-corrected chi connectivity index (χ2v) is 42.6. The van der Waals surface area contributed by atoms with Crippen molar-refractivity contribution in [1.29, 1.82) is 0 Å². The fourth-order valence-electron chi connectivity index (χ4n) is 22.4. The van der Waals surface area contributed by atoms with Crippen molar-refractivity contribution in [3.05, 3.63) is 235 Å². The highest BCUT2D eigenvalue weighted by atomic mass is 16.5. The summed E-state index contributed by atoms with van der Waals surface area (Å²) >= 11 is 0. The molecule has 18 rings (SSSR count). The van der Waals surface area contributed by atoms with Crippen LogP contribution in [0.1, 0.15) is 285 Å². The number of likely N-dealkylation sites (N-methyl/N-ethyl adjacent to an activating group) is 1. The quantitative estimate of drug-likeness (QED) is 0.0405. The maximum Gasteiger partial charge on any atom is 0.306 e. The lowest BCUT2D eigenvalue weighted by molar-refractivity contribution is -0.145. The van der Waals surface area contributed by atoms with Gasteiger partial charge in [-0.3, -0.25) is 38.6 Å². The first kappa shape index (κ1) is 101. The number of anilines is 6. The number of piperidine rings is 2. The van der Waals surface area contributed by atoms with E-state index in [9.17, 15) is 44.1 Å². The Bertz CT molecular complexity index is 5690. The lowest BCUT2D eigenvalue weighted by Gasteiger charge is -2.41. The largest absolute Gasteiger partial charge is 0.481 e. The number of allylic oxidation sites excluding steroid dienone is 10. The monoisotopic (exact) mass is 1870 g/mol. The molecule has 0 atom stereocenters. The van der Waals surface area contributed by atoms with Gasteiger partial charge in [-0.1, -0.05) is 115 Å². The third kappa shape index (κ3) is 25.9. The van der Waals surface area contributed by atoms with Crippen LogP contribution in [0.5, 0.6) is 0 Å². The summed E-state index contributed by atoms with van der Waals surface area (Å²) in [5.41, 5.74) is 17.2. The molecular formula is C113H141N15O10. The van der Waals surface area contributed by atoms with Crippen LogP contribution in [0.4, 0.5) is 34.1 Å². The van der Waals surface area contributed by atoms with Gasteiger partial charge in [0.2, 0.25) is 0 Å². The number of piperazine rings is 1. The first-order chi connectivity index (χ1) is 66.4. The Balaban J connectivity index is 0.000000140. The topological polar surface area (TPSA) is 279 Å². The van der Waals surface area contributed by atoms with E-state index < -0.39 is 23.5 Å². The molecule has 138 heavy (non-hydrogen) atoms. The zero-order chi connectivity index (χ0) is 97.4. The molecule has 0 bridgehead atoms. The number of ether oxygens (including phenoxy) is 1. The molecule has 4 amide bonds. The van der Waals surface area contributed by atoms with E-state index in [-0.39, 0.29) is 40.4 Å². The molecule has 4 saturated heterocycles. The highest BCUT2D eigenvalue weighted by Gasteiger charge is 2.40. The molecule has 0 spiro atoms. The molecule has 0 unspecified atom stereocenters. The third-order valence-electron chi connectivity index (χ3n) is 31.9. The molecule has 14 aliphatic rings. The van der Waals surface area contributed by atoms with Crippen LogP contribution in [-0.2, 0) is 39.1 Å². The highest BCUT2D eigenvalue weighted by Crippen LogP contribution is 2.49. The van der Waals surface area contributed by atoms with Gasteiger partial charge in [0.05, 0.1) is 66.5 Å². The average molecular weight is 1870 g/mol. The molecule has 4 aromatic carbocycles. The molecule has 8 aliphatic carbocycles. The van der Waals surface area contributed by atoms with Crippen molar-refractivity contribution in [3.8, 4) is 0 Å². The number of rotatable bonds is 20. The van der Waals surface area contributed by atoms with Crippen LogP contribution in [0.25, 0.3) is 30.5 Å². The zero-order valence-corrected chi connectivity index (χ0v) is 82.1. The second-order valence-electron chi connectivity index (χ2n) is 42.6. The summed E-state index contributed by atoms with van der Waals surface area (Å²) < 4.78 is 5.54. The van der Waals surface area contributed by atoms with Gasteiger partial charge in [-0.2, -0.15) is 0 Å². The molecule has 0 radical (unpaired) electrons. The minimum absolute atomic E-state index is 0.155. The summed E-state index contributed by atoms with van der Waals surface area (Å²) in [6, 6.07) is 26.7. The number of hydrogen-bond acceptors (Lipinski definition) is 15. The van der Waals surface area contributed by atoms with E-state index >= 15 is 0 Å². The summed E-state index contributed by atoms with van der Waals surface area (Å²) in [5, 5.41) is 42.4. The van der Waals surface area contributed by atoms with Crippen molar-refractivity contribution in [1.82, 2.24) is 14.7 Å². The molecule has 8 fully saturated rings. The summed E-state index contributed by atoms with van der Waals surface area (Å²) in [6.45, 7) is 55.0. The highest BCUT2D eigenvalue weighted by molar-refractivity contribution is 6.45. The summed E-state index contributed by atoms with van der Waals surface area (Å²) in [6.07, 6.45) is 42.1. The van der Waals surface area contributed by atoms with Crippen molar-refractivity contribution < 1.29 is 48.8 Å². The summed E-state index contributed by atoms with van der Waals surface area (Å²) in [7, 11) is 2.23. The number of aliphatic carboxylic acids is 2. The fraction of sp³-hybridized carbons (Fsp3) is 0.540. The molecule has 25 heteroatoms. The number of nitrogens with zero attached hydrogens (tertiary/aromatic N) is 11. The molecule has 6 heterocycles. The number of carbonyl (C=O) groups excluding carboxylic acids is 4. The zero-order valence-electron chi connectivity index (χ0n) is 82.1. The van der Waals surface area contributed by atoms with Crippen LogP contribution >= 0.6 is 0 Å². The van der Waals surface area contributed by atoms with E-state index in [4.69, 9.17) is 31.0 Å². The van der Waals surface area contributed by atoms with E-state index in [1.807, 2.05) is 24.3 Å². The van der Waals surface area contributed by atoms with Crippen molar-refractivity contribution in [2.45, 2.75) is 270 Å². The molecule has 728 valence electrons. The Hall–Kier alpha value is -11.7. The number of aliphatic imine (C=N–C) groups is 2. The van der Waals surface area contributed by atoms with Gasteiger partial charge in [0.25, 0.3) is 35.3 Å². The standard InChI is InChI=1S/C29H40N6O.C28H37N5O2.C28H32N2O4.C28H32N2O3/c1-21-12-14-35(15-13-21)27-20-23(6-9-25(27)32-29(36)26-10-11-28(30-2)31-26)22-4-7-24(8-5-22)34-18-16-33(3)17-19-34;1-20-11-13-33(14-12-20)26-19-22(21-3-6-23(7-4-21)32-15-17-35-18-16-32)5-8-24(26)31-28(34)25-9-10-27(29-2)30-25;1-27(2)12-8-18(9-13-27)23-17-21(28(34)14-10-19(11-15-28)26(32)33)5-7-24(23)30-25(31)20-4-6-22(16-20)29-3;1-28(2)14-12-19(13-15-28)24-17-21(18-4-6-20(7-5-18)27(32)33)9-11-25(24)30-26(31)22-8-10-23(16-22)29-3/h6,9,11,20-22,24H,4-5,7-8,10,12-19H2,1,3H3,(H,32,36);5,8,10,19-21,23H,3-4,6-7,9,11-18H2,1H3,(H,31,34);5-8,16-17,19,34H,4,9-15H2,1-2H3,(H,30,31)(H,32,33);9-12,16-18,20H,4-8,13-15H2,1-2H3,(H,30,31)(H,32,33). The Morgan fingerprint density at radius 2 is 0.812 bits per heavy atom. The number of hydrogen-bond donors (Lipinski definition) is 7. The molecule has 4 saturated carbocycles. The van der Waals surface area contributed by atoms with E-state index in [2.05, 4.69) is 184 Å². The number of carbonyl (C=O) groups is 6. The molecular weight excluding hydrogens is 1730 g/mol. The van der Waals surface area contributed by atoms with Crippen molar-refractivity contribution >= 4 is 92.3 Å². The fourth-order valence-corrected chi connectivity index (χ4v) is 22.4. The number of benzene rings is 4. The van der Waals surface area contributed by atoms with E-state index in [1.54, 1.807) is 36.5 Å². The molecule has 7 N–H and O–H groups in total. The van der Waals surface area contributed by atoms with E-state index in [0.29, 0.717) is 126 Å². The van der Waals surface area contributed by atoms with Gasteiger partial charge < -0.3 is 65.7 Å². The van der Waals surface area contributed by atoms with Gasteiger partial charge in [-0.25, -0.2) is 9.69 Å². The SMILES string of the molecule is [C-]#[N+]C1=CCC(C(=O)Nc2ccc(C3(O)CCC(C(=O)O)CC3)cc2C2=CCC(C)(C)CC2)=C1.[C-]#[N+]C1=CCC(C(=O)Nc2ccc(C3CCC(C(=O)O)CC3)cc2C2=CCC(C)(C)CC2)=C1.[C-]#[N+]C1=CCC(C(=O)Nc2ccc(C3CCC(N4CCN(C)CC4)CC3)cc2N2CCC(C)CC2)=N1.[C-]#[N+]C1=CCC(C(=O)Nc2ccc(C3CCC(N4CCOCC4)CC3)cc2N2CCC(C)CC2)=N1. The van der Waals surface area contributed by atoms with Crippen molar-refractivity contribution in [2.75, 3.05) is 117 Å². The maximum absolute atomic E-state index is 13.0. The lowest BCUT2D eigenvalue weighted by atomic mass is 9.73. The van der Waals surface area contributed by atoms with Gasteiger partial charge in [-0.05, 0) is 321 Å². The van der Waals surface area contributed by atoms with E-state index in [1.165, 1.54) is 125 Å². The molecule has 4 aromatic rings. The first-order valence-corrected chi connectivity index (χ1v) is 51.0. The maximum atomic E-state index is 13.0. The Morgan fingerprint density at radius 1 is 0.420 bits per heavy atom. The Labute approximate surface area is 816 Å². The van der Waals surface area contributed by atoms with Crippen LogP contribution in [0.3, 0.4) is 0 Å². The minimum atomic E-state index is -1.07. The molecule has 6 aliphatic heterocycles. The van der Waals surface area contributed by atoms with Gasteiger partial charge in [0.1, 0.15) is 0 Å². The predicted octanol–water partition coefficient (Wildman–Crippen LogP) is 22.1. The smallest absolute Gasteiger partial charge is 0.306 e. The normalized spacial score (nSPS) is 25.7. The Morgan fingerprint density at radius 3 is 1.21 bits per heavy atom. The van der Waals surface area contributed by atoms with E-state index in [0.717, 1.165) is 185 Å². The molecule has 25 nitrogen and oxygen atoms in total. The second kappa shape index (κ2) is 45.9. The van der Waals surface area contributed by atoms with Gasteiger partial charge >= 0.3 is 11.9 Å². The van der Waals surface area contributed by atoms with Gasteiger partial charge in [0.15, 0.2) is 22.8 Å². The van der Waals surface area contributed by atoms with Gasteiger partial charge in [0, 0.05) is 124 Å². The van der Waals surface area contributed by atoms with Crippen LogP contribution in [0, 0.1) is 60.8 Å². The predicted molar refractivity (Wildman–Crippen MR) is 548 cm³/mol. The number of carboxylic acids is 2. The minimum Gasteiger partial charge on any atom is -0.481 e. The Kier molecular flexibility index (Phi) is 33.5. The van der Waals surface area contributed by atoms with Crippen LogP contribution in [0.15, 0.2) is 166 Å². The summed E-state index contributed by atoms with van der Waals surface area (Å²) in [5.74, 6) is 0.741. The van der Waals surface area contributed by atoms with Crippen LogP contribution in [-0.4, -0.2) is 175 Å². The van der Waals surface area contributed by atoms with Crippen LogP contribution < -0.4 is 31.1 Å². The molecule has 0 aromatic heterocycles. The summed E-state index contributed by atoms with van der Waals surface area (Å²) in [4.78, 5) is 109. The number of amides is 4. The number of aliphatic hydroxyl groups is 1. The van der Waals surface area contributed by atoms with Crippen molar-refractivity contribution in [2.24, 2.45) is 44.5 Å². The lowest BCUT2D eigenvalue weighted by Crippen LogP contribution is -2.49. The number of nitrogens with one attached hydrogen (secondary N) is 4. The number of morpholine rings is 1.